The number of halogens is 1. The Balaban J connectivity index is 1.74. The highest BCUT2D eigenvalue weighted by Gasteiger charge is 2.33. The Morgan fingerprint density at radius 1 is 1.27 bits per heavy atom. The number of carbonyl (C=O) groups is 1. The van der Waals surface area contributed by atoms with E-state index < -0.39 is 10.0 Å². The monoisotopic (exact) mass is 439 g/mol. The topological polar surface area (TPSA) is 62.6 Å². The Morgan fingerprint density at radius 3 is 2.58 bits per heavy atom. The third-order valence-corrected chi connectivity index (χ3v) is 7.12. The minimum atomic E-state index is -3.70. The van der Waals surface area contributed by atoms with Crippen LogP contribution >= 0.6 is 15.9 Å². The van der Waals surface area contributed by atoms with E-state index in [1.54, 1.807) is 17.0 Å². The number of carbonyl (C=O) groups excluding carboxylic acids is 1. The minimum Gasteiger partial charge on any atom is -0.353 e. The lowest BCUT2D eigenvalue weighted by Crippen LogP contribution is -2.41. The number of sulfonamides is 1. The molecule has 1 aromatic carbocycles. The molecule has 0 bridgehead atoms. The molecule has 3 rings (SSSR count). The van der Waals surface area contributed by atoms with Gasteiger partial charge in [-0.1, -0.05) is 15.9 Å². The van der Waals surface area contributed by atoms with Crippen molar-refractivity contribution < 1.29 is 13.2 Å². The fourth-order valence-electron chi connectivity index (χ4n) is 3.35. The van der Waals surface area contributed by atoms with Gasteiger partial charge < -0.3 is 9.47 Å². The molecule has 1 aliphatic heterocycles. The average Bonchev–Trinajstić information content (AvgIpc) is 3.23. The maximum atomic E-state index is 12.8. The van der Waals surface area contributed by atoms with Gasteiger partial charge in [-0.2, -0.15) is 4.31 Å². The number of hydrogen-bond donors (Lipinski definition) is 0. The van der Waals surface area contributed by atoms with Crippen LogP contribution in [-0.2, 0) is 21.9 Å². The standard InChI is InChI=1S/C18H22BrN3O3S/c1-20-11-3-5-16(20)17-6-4-12-22(17)18(23)13-21(2)26(24,25)15-9-7-14(19)8-10-15/h3,5,7-11,17H,4,6,12-13H2,1-2H3. The molecule has 0 radical (unpaired) electrons. The van der Waals surface area contributed by atoms with Gasteiger partial charge in [-0.3, -0.25) is 4.79 Å². The lowest BCUT2D eigenvalue weighted by atomic mass is 10.1. The average molecular weight is 440 g/mol. The molecule has 1 aliphatic rings. The highest BCUT2D eigenvalue weighted by molar-refractivity contribution is 9.10. The molecule has 1 aromatic heterocycles. The first kappa shape index (κ1) is 19.1. The van der Waals surface area contributed by atoms with Gasteiger partial charge in [-0.05, 0) is 49.2 Å². The third-order valence-electron chi connectivity index (χ3n) is 4.78. The molecule has 1 unspecified atom stereocenters. The third kappa shape index (κ3) is 3.72. The van der Waals surface area contributed by atoms with Crippen molar-refractivity contribution >= 4 is 31.9 Å². The number of likely N-dealkylation sites (N-methyl/N-ethyl adjacent to an activating group) is 1. The number of amides is 1. The predicted octanol–water partition coefficient (Wildman–Crippen LogP) is 2.77. The molecule has 0 saturated carbocycles. The van der Waals surface area contributed by atoms with Crippen molar-refractivity contribution in [1.29, 1.82) is 0 Å². The Kier molecular flexibility index (Phi) is 5.55. The summed E-state index contributed by atoms with van der Waals surface area (Å²) in [5, 5.41) is 0. The molecule has 0 N–H and O–H groups in total. The Labute approximate surface area is 162 Å². The fraction of sp³-hybridized carbons (Fsp3) is 0.389. The van der Waals surface area contributed by atoms with Crippen LogP contribution in [0.4, 0.5) is 0 Å². The fourth-order valence-corrected chi connectivity index (χ4v) is 4.73. The normalized spacial score (nSPS) is 17.8. The van der Waals surface area contributed by atoms with E-state index in [9.17, 15) is 13.2 Å². The molecule has 8 heteroatoms. The lowest BCUT2D eigenvalue weighted by Gasteiger charge is -2.27. The van der Waals surface area contributed by atoms with Crippen molar-refractivity contribution in [3.63, 3.8) is 0 Å². The van der Waals surface area contributed by atoms with E-state index in [0.717, 1.165) is 27.3 Å². The van der Waals surface area contributed by atoms with E-state index in [0.29, 0.717) is 6.54 Å². The van der Waals surface area contributed by atoms with E-state index in [1.165, 1.54) is 19.2 Å². The molecule has 2 heterocycles. The van der Waals surface area contributed by atoms with E-state index in [4.69, 9.17) is 0 Å². The SMILES string of the molecule is CN(CC(=O)N1CCCC1c1cccn1C)S(=O)(=O)c1ccc(Br)cc1. The molecule has 1 atom stereocenters. The zero-order valence-electron chi connectivity index (χ0n) is 14.8. The van der Waals surface area contributed by atoms with Gasteiger partial charge >= 0.3 is 0 Å². The van der Waals surface area contributed by atoms with Crippen LogP contribution in [0.15, 0.2) is 52.0 Å². The first-order valence-electron chi connectivity index (χ1n) is 8.43. The number of aromatic nitrogens is 1. The van der Waals surface area contributed by atoms with Gasteiger partial charge in [0.2, 0.25) is 15.9 Å². The smallest absolute Gasteiger partial charge is 0.243 e. The van der Waals surface area contributed by atoms with Crippen LogP contribution in [0.2, 0.25) is 0 Å². The number of aryl methyl sites for hydroxylation is 1. The number of likely N-dealkylation sites (tertiary alicyclic amines) is 1. The summed E-state index contributed by atoms with van der Waals surface area (Å²) in [6.45, 7) is 0.486. The van der Waals surface area contributed by atoms with E-state index in [-0.39, 0.29) is 23.4 Å². The second-order valence-corrected chi connectivity index (χ2v) is 9.46. The highest BCUT2D eigenvalue weighted by Crippen LogP contribution is 2.32. The predicted molar refractivity (Wildman–Crippen MR) is 103 cm³/mol. The summed E-state index contributed by atoms with van der Waals surface area (Å²) in [7, 11) is -0.294. The first-order valence-corrected chi connectivity index (χ1v) is 10.7. The van der Waals surface area contributed by atoms with Crippen molar-refractivity contribution in [3.05, 3.63) is 52.8 Å². The van der Waals surface area contributed by atoms with Crippen LogP contribution in [0.1, 0.15) is 24.6 Å². The molecule has 0 spiro atoms. The molecular weight excluding hydrogens is 418 g/mol. The molecule has 2 aromatic rings. The van der Waals surface area contributed by atoms with Crippen LogP contribution in [0.3, 0.4) is 0 Å². The second kappa shape index (κ2) is 7.54. The van der Waals surface area contributed by atoms with Gasteiger partial charge in [0.05, 0.1) is 17.5 Å². The highest BCUT2D eigenvalue weighted by atomic mass is 79.9. The zero-order chi connectivity index (χ0) is 18.9. The Bertz CT molecular complexity index is 893. The molecule has 140 valence electrons. The molecule has 1 fully saturated rings. The quantitative estimate of drug-likeness (QED) is 0.719. The second-order valence-electron chi connectivity index (χ2n) is 6.50. The molecule has 1 saturated heterocycles. The van der Waals surface area contributed by atoms with Crippen molar-refractivity contribution in [2.24, 2.45) is 7.05 Å². The number of benzene rings is 1. The van der Waals surface area contributed by atoms with E-state index >= 15 is 0 Å². The molecular formula is C18H22BrN3O3S. The van der Waals surface area contributed by atoms with Gasteiger partial charge in [0.15, 0.2) is 0 Å². The number of nitrogens with zero attached hydrogens (tertiary/aromatic N) is 3. The maximum Gasteiger partial charge on any atom is 0.243 e. The van der Waals surface area contributed by atoms with Crippen molar-refractivity contribution in [3.8, 4) is 0 Å². The van der Waals surface area contributed by atoms with Crippen LogP contribution in [0, 0.1) is 0 Å². The van der Waals surface area contributed by atoms with Crippen LogP contribution in [-0.4, -0.2) is 48.2 Å². The van der Waals surface area contributed by atoms with E-state index in [2.05, 4.69) is 15.9 Å². The van der Waals surface area contributed by atoms with Gasteiger partial charge in [0.1, 0.15) is 0 Å². The summed E-state index contributed by atoms with van der Waals surface area (Å²) >= 11 is 3.29. The minimum absolute atomic E-state index is 0.00582. The first-order chi connectivity index (χ1) is 12.3. The van der Waals surface area contributed by atoms with Gasteiger partial charge in [0, 0.05) is 37.0 Å². The number of rotatable bonds is 5. The molecule has 6 nitrogen and oxygen atoms in total. The maximum absolute atomic E-state index is 12.8. The summed E-state index contributed by atoms with van der Waals surface area (Å²) < 4.78 is 29.3. The van der Waals surface area contributed by atoms with Crippen molar-refractivity contribution in [2.45, 2.75) is 23.8 Å². The summed E-state index contributed by atoms with van der Waals surface area (Å²) in [6, 6.07) is 10.4. The Morgan fingerprint density at radius 2 is 1.96 bits per heavy atom. The molecule has 26 heavy (non-hydrogen) atoms. The lowest BCUT2D eigenvalue weighted by molar-refractivity contribution is -0.132. The van der Waals surface area contributed by atoms with Crippen LogP contribution in [0.5, 0.6) is 0 Å². The van der Waals surface area contributed by atoms with Crippen LogP contribution in [0.25, 0.3) is 0 Å². The summed E-state index contributed by atoms with van der Waals surface area (Å²) in [5.41, 5.74) is 1.08. The van der Waals surface area contributed by atoms with Gasteiger partial charge in [-0.15, -0.1) is 0 Å². The Hall–Kier alpha value is -1.64. The van der Waals surface area contributed by atoms with Gasteiger partial charge in [0.25, 0.3) is 0 Å². The zero-order valence-corrected chi connectivity index (χ0v) is 17.2. The van der Waals surface area contributed by atoms with Crippen molar-refractivity contribution in [1.82, 2.24) is 13.8 Å². The summed E-state index contributed by atoms with van der Waals surface area (Å²) in [4.78, 5) is 14.8. The summed E-state index contributed by atoms with van der Waals surface area (Å²) in [6.07, 6.45) is 3.78. The molecule has 1 amide bonds. The summed E-state index contributed by atoms with van der Waals surface area (Å²) in [5.74, 6) is -0.170. The van der Waals surface area contributed by atoms with Gasteiger partial charge in [-0.25, -0.2) is 8.42 Å². The molecule has 0 aliphatic carbocycles. The van der Waals surface area contributed by atoms with E-state index in [1.807, 2.05) is 29.9 Å². The largest absolute Gasteiger partial charge is 0.353 e. The van der Waals surface area contributed by atoms with Crippen LogP contribution < -0.4 is 0 Å². The van der Waals surface area contributed by atoms with Crippen molar-refractivity contribution in [2.75, 3.05) is 20.1 Å². The number of hydrogen-bond acceptors (Lipinski definition) is 3.